The first-order valence-electron chi connectivity index (χ1n) is 8.71. The molecular formula is C16H32N2O2S. The van der Waals surface area contributed by atoms with E-state index in [2.05, 4.69) is 11.6 Å². The highest BCUT2D eigenvalue weighted by Gasteiger charge is 2.27. The fourth-order valence-electron chi connectivity index (χ4n) is 3.96. The highest BCUT2D eigenvalue weighted by molar-refractivity contribution is 7.87. The highest BCUT2D eigenvalue weighted by Crippen LogP contribution is 2.30. The van der Waals surface area contributed by atoms with E-state index in [1.165, 1.54) is 32.1 Å². The monoisotopic (exact) mass is 316 g/mol. The van der Waals surface area contributed by atoms with Crippen LogP contribution in [0.1, 0.15) is 71.1 Å². The third-order valence-electron chi connectivity index (χ3n) is 5.35. The molecule has 0 aromatic heterocycles. The molecule has 2 aliphatic rings. The van der Waals surface area contributed by atoms with Crippen molar-refractivity contribution in [1.29, 1.82) is 0 Å². The first-order chi connectivity index (χ1) is 9.99. The van der Waals surface area contributed by atoms with Gasteiger partial charge in [-0.15, -0.1) is 0 Å². The Morgan fingerprint density at radius 2 is 1.76 bits per heavy atom. The molecule has 0 aliphatic heterocycles. The molecule has 5 heteroatoms. The van der Waals surface area contributed by atoms with Crippen molar-refractivity contribution in [2.24, 2.45) is 11.8 Å². The van der Waals surface area contributed by atoms with Crippen molar-refractivity contribution in [3.8, 4) is 0 Å². The zero-order valence-electron chi connectivity index (χ0n) is 13.7. The third-order valence-corrected chi connectivity index (χ3v) is 6.98. The first kappa shape index (κ1) is 17.2. The van der Waals surface area contributed by atoms with Crippen LogP contribution in [0.3, 0.4) is 0 Å². The van der Waals surface area contributed by atoms with Gasteiger partial charge in [-0.3, -0.25) is 0 Å². The fourth-order valence-corrected chi connectivity index (χ4v) is 5.14. The minimum Gasteiger partial charge on any atom is -0.202 e. The molecule has 0 radical (unpaired) electrons. The lowest BCUT2D eigenvalue weighted by Gasteiger charge is -2.31. The molecule has 21 heavy (non-hydrogen) atoms. The van der Waals surface area contributed by atoms with Gasteiger partial charge < -0.3 is 0 Å². The molecule has 2 fully saturated rings. The fraction of sp³-hybridized carbons (Fsp3) is 1.00. The Kier molecular flexibility index (Phi) is 6.51. The van der Waals surface area contributed by atoms with E-state index in [0.717, 1.165) is 38.0 Å². The number of nitrogens with zero attached hydrogens (tertiary/aromatic N) is 1. The smallest absolute Gasteiger partial charge is 0.202 e. The topological polar surface area (TPSA) is 49.4 Å². The largest absolute Gasteiger partial charge is 0.279 e. The average Bonchev–Trinajstić information content (AvgIpc) is 2.47. The summed E-state index contributed by atoms with van der Waals surface area (Å²) in [5, 5.41) is 0. The molecule has 0 aromatic rings. The van der Waals surface area contributed by atoms with Crippen molar-refractivity contribution >= 4 is 10.2 Å². The summed E-state index contributed by atoms with van der Waals surface area (Å²) in [7, 11) is -1.55. The summed E-state index contributed by atoms with van der Waals surface area (Å²) >= 11 is 0. The SMILES string of the molecule is C[C@H]1CCC[C@H](CCNS(=O)(=O)N(C)C2CCCCC2)C1. The van der Waals surface area contributed by atoms with E-state index in [9.17, 15) is 8.42 Å². The van der Waals surface area contributed by atoms with Crippen molar-refractivity contribution in [2.75, 3.05) is 13.6 Å². The van der Waals surface area contributed by atoms with E-state index in [4.69, 9.17) is 0 Å². The van der Waals surface area contributed by atoms with E-state index in [-0.39, 0.29) is 6.04 Å². The molecule has 0 aromatic carbocycles. The van der Waals surface area contributed by atoms with Crippen LogP contribution in [-0.2, 0) is 10.2 Å². The molecule has 1 N–H and O–H groups in total. The van der Waals surface area contributed by atoms with E-state index >= 15 is 0 Å². The van der Waals surface area contributed by atoms with E-state index in [1.54, 1.807) is 11.4 Å². The maximum atomic E-state index is 12.4. The summed E-state index contributed by atoms with van der Waals surface area (Å²) in [6, 6.07) is 0.200. The first-order valence-corrected chi connectivity index (χ1v) is 10.2. The van der Waals surface area contributed by atoms with Crippen molar-refractivity contribution < 1.29 is 8.42 Å². The summed E-state index contributed by atoms with van der Waals surface area (Å²) in [6.45, 7) is 2.91. The van der Waals surface area contributed by atoms with Gasteiger partial charge in [0, 0.05) is 19.6 Å². The lowest BCUT2D eigenvalue weighted by molar-refractivity contribution is 0.266. The van der Waals surface area contributed by atoms with E-state index < -0.39 is 10.2 Å². The normalized spacial score (nSPS) is 28.9. The van der Waals surface area contributed by atoms with E-state index in [1.807, 2.05) is 0 Å². The Bertz CT molecular complexity index is 405. The molecule has 0 bridgehead atoms. The molecule has 0 amide bonds. The molecule has 2 saturated carbocycles. The van der Waals surface area contributed by atoms with Crippen LogP contribution in [0.4, 0.5) is 0 Å². The Labute approximate surface area is 130 Å². The highest BCUT2D eigenvalue weighted by atomic mass is 32.2. The lowest BCUT2D eigenvalue weighted by Crippen LogP contribution is -2.45. The number of hydrogen-bond acceptors (Lipinski definition) is 2. The molecular weight excluding hydrogens is 284 g/mol. The van der Waals surface area contributed by atoms with Crippen LogP contribution in [0.5, 0.6) is 0 Å². The van der Waals surface area contributed by atoms with Gasteiger partial charge in [-0.2, -0.15) is 12.7 Å². The summed E-state index contributed by atoms with van der Waals surface area (Å²) in [6.07, 6.45) is 11.8. The Morgan fingerprint density at radius 1 is 1.05 bits per heavy atom. The lowest BCUT2D eigenvalue weighted by atomic mass is 9.81. The van der Waals surface area contributed by atoms with Crippen molar-refractivity contribution in [3.63, 3.8) is 0 Å². The quantitative estimate of drug-likeness (QED) is 0.817. The van der Waals surface area contributed by atoms with Gasteiger partial charge in [-0.25, -0.2) is 4.72 Å². The van der Waals surface area contributed by atoms with Gasteiger partial charge in [0.25, 0.3) is 10.2 Å². The van der Waals surface area contributed by atoms with Gasteiger partial charge in [0.15, 0.2) is 0 Å². The van der Waals surface area contributed by atoms with Crippen LogP contribution in [-0.4, -0.2) is 32.4 Å². The van der Waals surface area contributed by atoms with Gasteiger partial charge in [0.2, 0.25) is 0 Å². The third kappa shape index (κ3) is 5.22. The van der Waals surface area contributed by atoms with Crippen LogP contribution >= 0.6 is 0 Å². The van der Waals surface area contributed by atoms with Crippen LogP contribution in [0, 0.1) is 11.8 Å². The van der Waals surface area contributed by atoms with Crippen molar-refractivity contribution in [3.05, 3.63) is 0 Å². The molecule has 0 unspecified atom stereocenters. The van der Waals surface area contributed by atoms with Crippen LogP contribution in [0.2, 0.25) is 0 Å². The minimum absolute atomic E-state index is 0.200. The molecule has 2 rings (SSSR count). The van der Waals surface area contributed by atoms with Gasteiger partial charge in [0.1, 0.15) is 0 Å². The molecule has 4 nitrogen and oxygen atoms in total. The number of nitrogens with one attached hydrogen (secondary N) is 1. The second-order valence-corrected chi connectivity index (χ2v) is 8.95. The van der Waals surface area contributed by atoms with Crippen LogP contribution in [0.15, 0.2) is 0 Å². The van der Waals surface area contributed by atoms with Gasteiger partial charge in [0.05, 0.1) is 0 Å². The molecule has 2 atom stereocenters. The molecule has 0 heterocycles. The Balaban J connectivity index is 1.75. The molecule has 0 spiro atoms. The van der Waals surface area contributed by atoms with Crippen molar-refractivity contribution in [1.82, 2.24) is 9.03 Å². The predicted octanol–water partition coefficient (Wildman–Crippen LogP) is 3.30. The molecule has 0 saturated heterocycles. The number of hydrogen-bond donors (Lipinski definition) is 1. The van der Waals surface area contributed by atoms with Crippen molar-refractivity contribution in [2.45, 2.75) is 77.2 Å². The Morgan fingerprint density at radius 3 is 2.43 bits per heavy atom. The second kappa shape index (κ2) is 7.93. The Hall–Kier alpha value is -0.130. The van der Waals surface area contributed by atoms with Gasteiger partial charge in [-0.1, -0.05) is 45.4 Å². The summed E-state index contributed by atoms with van der Waals surface area (Å²) in [5.74, 6) is 1.52. The molecule has 2 aliphatic carbocycles. The van der Waals surface area contributed by atoms with Gasteiger partial charge >= 0.3 is 0 Å². The maximum Gasteiger partial charge on any atom is 0.279 e. The van der Waals surface area contributed by atoms with E-state index in [0.29, 0.717) is 12.5 Å². The predicted molar refractivity (Wildman–Crippen MR) is 87.3 cm³/mol. The zero-order valence-corrected chi connectivity index (χ0v) is 14.5. The second-order valence-electron chi connectivity index (χ2n) is 7.13. The van der Waals surface area contributed by atoms with Crippen LogP contribution < -0.4 is 4.72 Å². The zero-order chi connectivity index (χ0) is 15.3. The van der Waals surface area contributed by atoms with Crippen LogP contribution in [0.25, 0.3) is 0 Å². The molecule has 124 valence electrons. The minimum atomic E-state index is -3.29. The summed E-state index contributed by atoms with van der Waals surface area (Å²) < 4.78 is 29.1. The van der Waals surface area contributed by atoms with Gasteiger partial charge in [-0.05, 0) is 37.5 Å². The number of rotatable bonds is 6. The average molecular weight is 317 g/mol. The summed E-state index contributed by atoms with van der Waals surface area (Å²) in [5.41, 5.74) is 0. The standard InChI is InChI=1S/C16H32N2O2S/c1-14-7-6-8-15(13-14)11-12-17-21(19,20)18(2)16-9-4-3-5-10-16/h14-17H,3-13H2,1-2H3/t14-,15+/m0/s1. The summed E-state index contributed by atoms with van der Waals surface area (Å²) in [4.78, 5) is 0. The maximum absolute atomic E-state index is 12.4.